The second kappa shape index (κ2) is 9.04. The molecule has 150 valence electrons. The Morgan fingerprint density at radius 1 is 1.18 bits per heavy atom. The lowest BCUT2D eigenvalue weighted by Gasteiger charge is -2.26. The molecule has 0 radical (unpaired) electrons. The van der Waals surface area contributed by atoms with Crippen molar-refractivity contribution in [3.63, 3.8) is 0 Å². The molecule has 0 spiro atoms. The van der Waals surface area contributed by atoms with Crippen molar-refractivity contribution in [1.29, 1.82) is 0 Å². The van der Waals surface area contributed by atoms with Crippen LogP contribution in [0, 0.1) is 6.92 Å². The first-order valence-corrected chi connectivity index (χ1v) is 11.0. The number of aryl methyl sites for hydroxylation is 1. The summed E-state index contributed by atoms with van der Waals surface area (Å²) in [5.74, 6) is 0.124. The number of nitrogens with one attached hydrogen (secondary N) is 1. The molecule has 9 heteroatoms. The number of rotatable bonds is 6. The average Bonchev–Trinajstić information content (AvgIpc) is 2.69. The predicted octanol–water partition coefficient (Wildman–Crippen LogP) is 2.80. The molecule has 1 aliphatic heterocycles. The van der Waals surface area contributed by atoms with Crippen LogP contribution in [0.1, 0.15) is 5.56 Å². The third-order valence-corrected chi connectivity index (χ3v) is 6.67. The minimum Gasteiger partial charge on any atom is -0.484 e. The smallest absolute Gasteiger partial charge is 0.262 e. The van der Waals surface area contributed by atoms with Crippen LogP contribution in [0.4, 0.5) is 5.69 Å². The lowest BCUT2D eigenvalue weighted by Crippen LogP contribution is -2.40. The molecule has 0 bridgehead atoms. The SMILES string of the molecule is Cc1cc(Br)ccc1NC(=O)COc1ccc(S(=O)(=O)N2CCOCC2)cc1. The van der Waals surface area contributed by atoms with E-state index >= 15 is 0 Å². The number of sulfonamides is 1. The molecule has 1 amide bonds. The van der Waals surface area contributed by atoms with Gasteiger partial charge in [-0.3, -0.25) is 4.79 Å². The molecule has 1 N–H and O–H groups in total. The summed E-state index contributed by atoms with van der Waals surface area (Å²) in [6, 6.07) is 11.6. The van der Waals surface area contributed by atoms with E-state index in [4.69, 9.17) is 9.47 Å². The second-order valence-electron chi connectivity index (χ2n) is 6.28. The highest BCUT2D eigenvalue weighted by Crippen LogP contribution is 2.22. The van der Waals surface area contributed by atoms with Crippen molar-refractivity contribution in [3.8, 4) is 5.75 Å². The van der Waals surface area contributed by atoms with E-state index in [2.05, 4.69) is 21.2 Å². The van der Waals surface area contributed by atoms with Gasteiger partial charge < -0.3 is 14.8 Å². The number of hydrogen-bond donors (Lipinski definition) is 1. The fraction of sp³-hybridized carbons (Fsp3) is 0.316. The van der Waals surface area contributed by atoms with E-state index < -0.39 is 10.0 Å². The van der Waals surface area contributed by atoms with Crippen LogP contribution in [0.5, 0.6) is 5.75 Å². The van der Waals surface area contributed by atoms with Crippen LogP contribution in [0.3, 0.4) is 0 Å². The number of benzene rings is 2. The van der Waals surface area contributed by atoms with E-state index in [1.807, 2.05) is 25.1 Å². The average molecular weight is 469 g/mol. The zero-order valence-electron chi connectivity index (χ0n) is 15.4. The topological polar surface area (TPSA) is 84.9 Å². The van der Waals surface area contributed by atoms with Gasteiger partial charge in [0.2, 0.25) is 10.0 Å². The lowest BCUT2D eigenvalue weighted by molar-refractivity contribution is -0.118. The van der Waals surface area contributed by atoms with Crippen molar-refractivity contribution < 1.29 is 22.7 Å². The van der Waals surface area contributed by atoms with Gasteiger partial charge in [-0.25, -0.2) is 8.42 Å². The fourth-order valence-corrected chi connectivity index (χ4v) is 4.63. The predicted molar refractivity (Wildman–Crippen MR) is 109 cm³/mol. The summed E-state index contributed by atoms with van der Waals surface area (Å²) < 4.78 is 38.2. The molecular formula is C19H21BrN2O5S. The highest BCUT2D eigenvalue weighted by atomic mass is 79.9. The minimum absolute atomic E-state index is 0.176. The molecule has 0 saturated carbocycles. The molecule has 0 atom stereocenters. The highest BCUT2D eigenvalue weighted by Gasteiger charge is 2.26. The third-order valence-electron chi connectivity index (χ3n) is 4.26. The van der Waals surface area contributed by atoms with E-state index in [-0.39, 0.29) is 17.4 Å². The van der Waals surface area contributed by atoms with Gasteiger partial charge in [-0.05, 0) is 55.0 Å². The van der Waals surface area contributed by atoms with Gasteiger partial charge in [-0.1, -0.05) is 15.9 Å². The number of halogens is 1. The molecule has 1 fully saturated rings. The van der Waals surface area contributed by atoms with Crippen LogP contribution in [-0.4, -0.2) is 51.5 Å². The van der Waals surface area contributed by atoms with Crippen LogP contribution in [0.25, 0.3) is 0 Å². The fourth-order valence-electron chi connectivity index (χ4n) is 2.75. The minimum atomic E-state index is -3.54. The summed E-state index contributed by atoms with van der Waals surface area (Å²) in [5.41, 5.74) is 1.64. The summed E-state index contributed by atoms with van der Waals surface area (Å²) >= 11 is 3.38. The molecule has 0 aliphatic carbocycles. The Balaban J connectivity index is 1.57. The quantitative estimate of drug-likeness (QED) is 0.704. The largest absolute Gasteiger partial charge is 0.484 e. The molecule has 1 aliphatic rings. The van der Waals surface area contributed by atoms with E-state index in [1.54, 1.807) is 12.1 Å². The van der Waals surface area contributed by atoms with Gasteiger partial charge in [0.15, 0.2) is 6.61 Å². The molecule has 7 nitrogen and oxygen atoms in total. The molecule has 3 rings (SSSR count). The first-order valence-electron chi connectivity index (χ1n) is 8.73. The maximum Gasteiger partial charge on any atom is 0.262 e. The molecule has 1 heterocycles. The van der Waals surface area contributed by atoms with Crippen LogP contribution < -0.4 is 10.1 Å². The number of ether oxygens (including phenoxy) is 2. The van der Waals surface area contributed by atoms with Crippen molar-refractivity contribution in [3.05, 3.63) is 52.5 Å². The van der Waals surface area contributed by atoms with Crippen LogP contribution >= 0.6 is 15.9 Å². The third kappa shape index (κ3) is 5.11. The first kappa shape index (κ1) is 20.8. The molecular weight excluding hydrogens is 448 g/mol. The Morgan fingerprint density at radius 3 is 2.50 bits per heavy atom. The number of carbonyl (C=O) groups is 1. The van der Waals surface area contributed by atoms with Gasteiger partial charge >= 0.3 is 0 Å². The Morgan fingerprint density at radius 2 is 1.86 bits per heavy atom. The zero-order valence-corrected chi connectivity index (χ0v) is 17.8. The van der Waals surface area contributed by atoms with Gasteiger partial charge in [-0.15, -0.1) is 0 Å². The Kier molecular flexibility index (Phi) is 6.71. The number of anilines is 1. The summed E-state index contributed by atoms with van der Waals surface area (Å²) in [6.07, 6.45) is 0. The van der Waals surface area contributed by atoms with Gasteiger partial charge in [0.05, 0.1) is 18.1 Å². The monoisotopic (exact) mass is 468 g/mol. The van der Waals surface area contributed by atoms with Gasteiger partial charge in [-0.2, -0.15) is 4.31 Å². The summed E-state index contributed by atoms with van der Waals surface area (Å²) in [7, 11) is -3.54. The number of nitrogens with zero attached hydrogens (tertiary/aromatic N) is 1. The molecule has 2 aromatic rings. The molecule has 1 saturated heterocycles. The summed E-state index contributed by atoms with van der Waals surface area (Å²) in [5, 5.41) is 2.79. The van der Waals surface area contributed by atoms with Crippen molar-refractivity contribution in [2.45, 2.75) is 11.8 Å². The Labute approximate surface area is 172 Å². The molecule has 0 aromatic heterocycles. The first-order chi connectivity index (χ1) is 13.4. The van der Waals surface area contributed by atoms with Crippen LogP contribution in [-0.2, 0) is 19.6 Å². The van der Waals surface area contributed by atoms with Crippen molar-refractivity contribution in [2.24, 2.45) is 0 Å². The number of hydrogen-bond acceptors (Lipinski definition) is 5. The maximum atomic E-state index is 12.6. The van der Waals surface area contributed by atoms with Crippen LogP contribution in [0.2, 0.25) is 0 Å². The number of morpholine rings is 1. The van der Waals surface area contributed by atoms with Crippen molar-refractivity contribution >= 4 is 37.5 Å². The van der Waals surface area contributed by atoms with E-state index in [0.717, 1.165) is 10.0 Å². The highest BCUT2D eigenvalue weighted by molar-refractivity contribution is 9.10. The standard InChI is InChI=1S/C19H21BrN2O5S/c1-14-12-15(20)2-7-18(14)21-19(23)13-27-16-3-5-17(6-4-16)28(24,25)22-8-10-26-11-9-22/h2-7,12H,8-11,13H2,1H3,(H,21,23). The van der Waals surface area contributed by atoms with E-state index in [9.17, 15) is 13.2 Å². The molecule has 28 heavy (non-hydrogen) atoms. The van der Waals surface area contributed by atoms with Crippen molar-refractivity contribution in [1.82, 2.24) is 4.31 Å². The number of carbonyl (C=O) groups excluding carboxylic acids is 1. The maximum absolute atomic E-state index is 12.6. The lowest BCUT2D eigenvalue weighted by atomic mass is 10.2. The van der Waals surface area contributed by atoms with Crippen LogP contribution in [0.15, 0.2) is 51.8 Å². The number of amides is 1. The Bertz CT molecular complexity index is 941. The van der Waals surface area contributed by atoms with E-state index in [1.165, 1.54) is 16.4 Å². The van der Waals surface area contributed by atoms with E-state index in [0.29, 0.717) is 37.7 Å². The summed E-state index contributed by atoms with van der Waals surface area (Å²) in [6.45, 7) is 3.20. The Hall–Kier alpha value is -1.94. The summed E-state index contributed by atoms with van der Waals surface area (Å²) in [4.78, 5) is 12.3. The molecule has 0 unspecified atom stereocenters. The van der Waals surface area contributed by atoms with Gasteiger partial charge in [0.1, 0.15) is 5.75 Å². The zero-order chi connectivity index (χ0) is 20.1. The second-order valence-corrected chi connectivity index (χ2v) is 9.14. The molecule has 2 aromatic carbocycles. The van der Waals surface area contributed by atoms with Gasteiger partial charge in [0, 0.05) is 23.2 Å². The van der Waals surface area contributed by atoms with Crippen molar-refractivity contribution in [2.75, 3.05) is 38.2 Å². The van der Waals surface area contributed by atoms with Gasteiger partial charge in [0.25, 0.3) is 5.91 Å². The normalized spacial score (nSPS) is 15.2.